The third kappa shape index (κ3) is 3.02. The van der Waals surface area contributed by atoms with Gasteiger partial charge in [0.25, 0.3) is 0 Å². The lowest BCUT2D eigenvalue weighted by Crippen LogP contribution is -2.08. The summed E-state index contributed by atoms with van der Waals surface area (Å²) in [6.45, 7) is 2.01. The number of rotatable bonds is 3. The highest BCUT2D eigenvalue weighted by molar-refractivity contribution is 5.85. The van der Waals surface area contributed by atoms with E-state index in [1.807, 2.05) is 27.1 Å². The van der Waals surface area contributed by atoms with Crippen molar-refractivity contribution >= 4 is 29.1 Å². The quantitative estimate of drug-likeness (QED) is 0.775. The van der Waals surface area contributed by atoms with Crippen molar-refractivity contribution in [3.05, 3.63) is 53.3 Å². The van der Waals surface area contributed by atoms with E-state index in [4.69, 9.17) is 0 Å². The molecule has 2 aromatic carbocycles. The number of hydrogen-bond acceptors (Lipinski definition) is 3. The topological polar surface area (TPSA) is 52.2 Å². The molecule has 3 rings (SSSR count). The van der Waals surface area contributed by atoms with Crippen molar-refractivity contribution in [2.75, 3.05) is 19.0 Å². The zero-order valence-corrected chi connectivity index (χ0v) is 13.7. The van der Waals surface area contributed by atoms with E-state index in [0.717, 1.165) is 23.3 Å². The van der Waals surface area contributed by atoms with Crippen LogP contribution in [0.25, 0.3) is 11.0 Å². The summed E-state index contributed by atoms with van der Waals surface area (Å²) < 4.78 is 0. The maximum Gasteiger partial charge on any atom is 0.143 e. The first-order valence-electron chi connectivity index (χ1n) is 6.98. The summed E-state index contributed by atoms with van der Waals surface area (Å²) in [5.74, 6) is 1.09. The summed E-state index contributed by atoms with van der Waals surface area (Å²) in [5, 5.41) is 9.88. The molecule has 22 heavy (non-hydrogen) atoms. The van der Waals surface area contributed by atoms with Crippen molar-refractivity contribution in [2.45, 2.75) is 13.3 Å². The number of aryl methyl sites for hydroxylation is 1. The first-order valence-corrected chi connectivity index (χ1v) is 6.98. The molecule has 0 saturated heterocycles. The van der Waals surface area contributed by atoms with E-state index in [0.29, 0.717) is 5.52 Å². The van der Waals surface area contributed by atoms with Crippen molar-refractivity contribution in [1.82, 2.24) is 9.97 Å². The molecule has 0 bridgehead atoms. The minimum Gasteiger partial charge on any atom is -0.506 e. The molecule has 0 saturated carbocycles. The lowest BCUT2D eigenvalue weighted by Gasteiger charge is -2.12. The van der Waals surface area contributed by atoms with Crippen LogP contribution in [-0.2, 0) is 6.42 Å². The van der Waals surface area contributed by atoms with Crippen molar-refractivity contribution < 1.29 is 5.11 Å². The molecule has 5 heteroatoms. The number of phenols is 1. The van der Waals surface area contributed by atoms with Crippen LogP contribution in [0.1, 0.15) is 17.0 Å². The predicted octanol–water partition coefficient (Wildman–Crippen LogP) is 3.66. The minimum atomic E-state index is 0. The number of H-pyrrole nitrogens is 1. The van der Waals surface area contributed by atoms with Crippen LogP contribution in [-0.4, -0.2) is 29.2 Å². The molecule has 1 heterocycles. The van der Waals surface area contributed by atoms with Gasteiger partial charge in [0, 0.05) is 26.2 Å². The maximum absolute atomic E-state index is 9.88. The van der Waals surface area contributed by atoms with E-state index in [1.54, 1.807) is 6.07 Å². The molecule has 0 aliphatic rings. The average molecular weight is 318 g/mol. The summed E-state index contributed by atoms with van der Waals surface area (Å²) in [7, 11) is 4.06. The lowest BCUT2D eigenvalue weighted by molar-refractivity contribution is 0.480. The van der Waals surface area contributed by atoms with Gasteiger partial charge in [0.15, 0.2) is 0 Å². The third-order valence-corrected chi connectivity index (χ3v) is 3.71. The molecule has 2 N–H and O–H groups in total. The predicted molar refractivity (Wildman–Crippen MR) is 93.3 cm³/mol. The average Bonchev–Trinajstić information content (AvgIpc) is 2.89. The number of phenolic OH excluding ortho intramolecular Hbond substituents is 1. The van der Waals surface area contributed by atoms with E-state index in [2.05, 4.69) is 39.1 Å². The van der Waals surface area contributed by atoms with Crippen molar-refractivity contribution in [3.63, 3.8) is 0 Å². The van der Waals surface area contributed by atoms with Gasteiger partial charge in [0.05, 0.1) is 5.52 Å². The standard InChI is InChI=1S/C17H19N3O.ClH/c1-11-4-9-14(21)17-16(11)18-15(19-17)10-12-5-7-13(8-6-12)20(2)3;/h4-9,21H,10H2,1-3H3,(H,18,19);1H. The van der Waals surface area contributed by atoms with Crippen molar-refractivity contribution in [1.29, 1.82) is 0 Å². The first-order chi connectivity index (χ1) is 10.0. The van der Waals surface area contributed by atoms with Gasteiger partial charge in [-0.3, -0.25) is 0 Å². The summed E-state index contributed by atoms with van der Waals surface area (Å²) in [6.07, 6.45) is 0.723. The van der Waals surface area contributed by atoms with Gasteiger partial charge in [-0.1, -0.05) is 18.2 Å². The van der Waals surface area contributed by atoms with E-state index in [-0.39, 0.29) is 18.2 Å². The van der Waals surface area contributed by atoms with Gasteiger partial charge in [-0.15, -0.1) is 12.4 Å². The Hall–Kier alpha value is -2.20. The molecule has 0 unspecified atom stereocenters. The number of aromatic amines is 1. The normalized spacial score (nSPS) is 10.5. The van der Waals surface area contributed by atoms with Crippen LogP contribution in [0.15, 0.2) is 36.4 Å². The fourth-order valence-electron chi connectivity index (χ4n) is 2.45. The van der Waals surface area contributed by atoms with Gasteiger partial charge >= 0.3 is 0 Å². The molecule has 4 nitrogen and oxygen atoms in total. The van der Waals surface area contributed by atoms with Crippen LogP contribution in [0.4, 0.5) is 5.69 Å². The van der Waals surface area contributed by atoms with Crippen LogP contribution in [0.5, 0.6) is 5.75 Å². The zero-order chi connectivity index (χ0) is 15.0. The van der Waals surface area contributed by atoms with Crippen molar-refractivity contribution in [2.24, 2.45) is 0 Å². The Balaban J connectivity index is 0.00000176. The van der Waals surface area contributed by atoms with Crippen LogP contribution >= 0.6 is 12.4 Å². The largest absolute Gasteiger partial charge is 0.506 e. The number of fused-ring (bicyclic) bond motifs is 1. The fourth-order valence-corrected chi connectivity index (χ4v) is 2.45. The van der Waals surface area contributed by atoms with E-state index < -0.39 is 0 Å². The molecule has 0 fully saturated rings. The number of nitrogens with zero attached hydrogens (tertiary/aromatic N) is 2. The number of hydrogen-bond donors (Lipinski definition) is 2. The SMILES string of the molecule is Cc1ccc(O)c2nc(Cc3ccc(N(C)C)cc3)[nH]c12.Cl. The van der Waals surface area contributed by atoms with E-state index in [1.165, 1.54) is 11.3 Å². The second-order valence-electron chi connectivity index (χ2n) is 5.55. The van der Waals surface area contributed by atoms with E-state index in [9.17, 15) is 5.11 Å². The van der Waals surface area contributed by atoms with E-state index >= 15 is 0 Å². The number of aromatic hydroxyl groups is 1. The lowest BCUT2D eigenvalue weighted by atomic mass is 10.1. The molecular formula is C17H20ClN3O. The summed E-state index contributed by atoms with van der Waals surface area (Å²) in [6, 6.07) is 12.0. The van der Waals surface area contributed by atoms with Gasteiger partial charge in [0.2, 0.25) is 0 Å². The number of benzene rings is 2. The number of aromatic nitrogens is 2. The molecule has 0 spiro atoms. The third-order valence-electron chi connectivity index (χ3n) is 3.71. The Kier molecular flexibility index (Phi) is 4.62. The number of anilines is 1. The number of halogens is 1. The molecular weight excluding hydrogens is 298 g/mol. The zero-order valence-electron chi connectivity index (χ0n) is 12.9. The van der Waals surface area contributed by atoms with Crippen LogP contribution in [0, 0.1) is 6.92 Å². The monoisotopic (exact) mass is 317 g/mol. The van der Waals surface area contributed by atoms with Crippen LogP contribution < -0.4 is 4.90 Å². The van der Waals surface area contributed by atoms with Gasteiger partial charge < -0.3 is 15.0 Å². The van der Waals surface area contributed by atoms with Crippen molar-refractivity contribution in [3.8, 4) is 5.75 Å². The smallest absolute Gasteiger partial charge is 0.143 e. The summed E-state index contributed by atoms with van der Waals surface area (Å²) >= 11 is 0. The number of nitrogens with one attached hydrogen (secondary N) is 1. The van der Waals surface area contributed by atoms with Crippen LogP contribution in [0.3, 0.4) is 0 Å². The summed E-state index contributed by atoms with van der Waals surface area (Å²) in [5.41, 5.74) is 5.02. The Morgan fingerprint density at radius 2 is 1.77 bits per heavy atom. The van der Waals surface area contributed by atoms with Crippen LogP contribution in [0.2, 0.25) is 0 Å². The molecule has 0 aliphatic heterocycles. The minimum absolute atomic E-state index is 0. The molecule has 1 aromatic heterocycles. The highest BCUT2D eigenvalue weighted by Gasteiger charge is 2.09. The molecule has 0 atom stereocenters. The molecule has 3 aromatic rings. The maximum atomic E-state index is 9.88. The highest BCUT2D eigenvalue weighted by Crippen LogP contribution is 2.26. The Labute approximate surface area is 136 Å². The Bertz CT molecular complexity index is 739. The number of imidazole rings is 1. The van der Waals surface area contributed by atoms with Gasteiger partial charge in [0.1, 0.15) is 17.1 Å². The molecule has 116 valence electrons. The fraction of sp³-hybridized carbons (Fsp3) is 0.235. The molecule has 0 radical (unpaired) electrons. The second-order valence-corrected chi connectivity index (χ2v) is 5.55. The molecule has 0 aliphatic carbocycles. The Morgan fingerprint density at radius 3 is 2.36 bits per heavy atom. The second kappa shape index (κ2) is 6.28. The summed E-state index contributed by atoms with van der Waals surface area (Å²) in [4.78, 5) is 9.89. The van der Waals surface area contributed by atoms with Gasteiger partial charge in [-0.05, 0) is 36.2 Å². The molecule has 0 amide bonds. The Morgan fingerprint density at radius 1 is 1.09 bits per heavy atom. The first kappa shape index (κ1) is 16.2. The van der Waals surface area contributed by atoms with Gasteiger partial charge in [-0.2, -0.15) is 0 Å². The van der Waals surface area contributed by atoms with Gasteiger partial charge in [-0.25, -0.2) is 4.98 Å². The highest BCUT2D eigenvalue weighted by atomic mass is 35.5.